The fourth-order valence-electron chi connectivity index (χ4n) is 4.10. The Hall–Kier alpha value is -0.120. The molecule has 2 aliphatic heterocycles. The van der Waals surface area contributed by atoms with E-state index in [2.05, 4.69) is 4.90 Å². The topological polar surface area (TPSA) is 38.5 Å². The maximum atomic E-state index is 6.40. The Balaban J connectivity index is 1.44. The van der Waals surface area contributed by atoms with Crippen molar-refractivity contribution < 1.29 is 4.74 Å². The average molecular weight is 252 g/mol. The van der Waals surface area contributed by atoms with Crippen molar-refractivity contribution in [1.82, 2.24) is 4.90 Å². The second-order valence-corrected chi connectivity index (χ2v) is 6.65. The summed E-state index contributed by atoms with van der Waals surface area (Å²) < 4.78 is 6.40. The van der Waals surface area contributed by atoms with Crippen LogP contribution in [0.2, 0.25) is 0 Å². The molecule has 18 heavy (non-hydrogen) atoms. The van der Waals surface area contributed by atoms with Gasteiger partial charge in [-0.2, -0.15) is 0 Å². The van der Waals surface area contributed by atoms with Crippen molar-refractivity contribution in [1.29, 1.82) is 0 Å². The summed E-state index contributed by atoms with van der Waals surface area (Å²) in [5.74, 6) is 0.770. The number of likely N-dealkylation sites (tertiary alicyclic amines) is 1. The molecule has 1 atom stereocenters. The van der Waals surface area contributed by atoms with Crippen LogP contribution in [0.3, 0.4) is 0 Å². The largest absolute Gasteiger partial charge is 0.370 e. The lowest BCUT2D eigenvalue weighted by Crippen LogP contribution is -2.41. The molecule has 104 valence electrons. The predicted octanol–water partition coefficient (Wildman–Crippen LogP) is 2.15. The van der Waals surface area contributed by atoms with Crippen LogP contribution < -0.4 is 5.73 Å². The zero-order valence-corrected chi connectivity index (χ0v) is 11.6. The van der Waals surface area contributed by atoms with Crippen molar-refractivity contribution in [2.75, 3.05) is 26.2 Å². The van der Waals surface area contributed by atoms with Crippen LogP contribution in [-0.2, 0) is 4.74 Å². The van der Waals surface area contributed by atoms with Crippen LogP contribution in [-0.4, -0.2) is 42.8 Å². The van der Waals surface area contributed by atoms with Crippen LogP contribution in [0.5, 0.6) is 0 Å². The predicted molar refractivity (Wildman–Crippen MR) is 73.5 cm³/mol. The third-order valence-electron chi connectivity index (χ3n) is 5.36. The molecule has 2 heterocycles. The summed E-state index contributed by atoms with van der Waals surface area (Å²) in [5, 5.41) is 0. The summed E-state index contributed by atoms with van der Waals surface area (Å²) in [7, 11) is 0. The van der Waals surface area contributed by atoms with E-state index in [1.807, 2.05) is 0 Å². The molecule has 1 aliphatic carbocycles. The monoisotopic (exact) mass is 252 g/mol. The lowest BCUT2D eigenvalue weighted by atomic mass is 9.96. The first-order valence-corrected chi connectivity index (χ1v) is 7.90. The van der Waals surface area contributed by atoms with Gasteiger partial charge in [-0.25, -0.2) is 0 Å². The zero-order valence-electron chi connectivity index (χ0n) is 11.6. The van der Waals surface area contributed by atoms with Gasteiger partial charge in [0.15, 0.2) is 0 Å². The molecule has 1 saturated carbocycles. The van der Waals surface area contributed by atoms with Crippen molar-refractivity contribution >= 4 is 0 Å². The summed E-state index contributed by atoms with van der Waals surface area (Å²) in [6, 6.07) is 0. The van der Waals surface area contributed by atoms with E-state index < -0.39 is 0 Å². The molecule has 2 saturated heterocycles. The lowest BCUT2D eigenvalue weighted by Gasteiger charge is -2.33. The molecule has 0 aromatic carbocycles. The highest BCUT2D eigenvalue weighted by molar-refractivity contribution is 4.93. The molecule has 0 radical (unpaired) electrons. The molecule has 1 spiro atoms. The van der Waals surface area contributed by atoms with Crippen molar-refractivity contribution in [2.24, 2.45) is 11.7 Å². The second kappa shape index (κ2) is 5.48. The number of hydrogen-bond acceptors (Lipinski definition) is 3. The van der Waals surface area contributed by atoms with Gasteiger partial charge in [-0.05, 0) is 64.1 Å². The fraction of sp³-hybridized carbons (Fsp3) is 1.00. The third-order valence-corrected chi connectivity index (χ3v) is 5.36. The van der Waals surface area contributed by atoms with Gasteiger partial charge in [0, 0.05) is 6.54 Å². The van der Waals surface area contributed by atoms with E-state index in [-0.39, 0.29) is 0 Å². The first kappa shape index (κ1) is 12.9. The Kier molecular flexibility index (Phi) is 3.92. The van der Waals surface area contributed by atoms with Crippen LogP contribution in [0.1, 0.15) is 51.4 Å². The Morgan fingerprint density at radius 2 is 1.78 bits per heavy atom. The number of nitrogens with two attached hydrogens (primary N) is 1. The van der Waals surface area contributed by atoms with Crippen LogP contribution in [0, 0.1) is 5.92 Å². The summed E-state index contributed by atoms with van der Waals surface area (Å²) in [4.78, 5) is 2.60. The Labute approximate surface area is 111 Å². The van der Waals surface area contributed by atoms with E-state index in [0.29, 0.717) is 11.7 Å². The molecule has 3 fully saturated rings. The molecule has 3 aliphatic rings. The Bertz CT molecular complexity index is 268. The molecular formula is C15H28N2O. The van der Waals surface area contributed by atoms with Crippen LogP contribution in [0.15, 0.2) is 0 Å². The van der Waals surface area contributed by atoms with E-state index >= 15 is 0 Å². The van der Waals surface area contributed by atoms with Gasteiger partial charge in [0.1, 0.15) is 0 Å². The first-order valence-electron chi connectivity index (χ1n) is 7.90. The first-order chi connectivity index (χ1) is 8.80. The van der Waals surface area contributed by atoms with Gasteiger partial charge in [0.25, 0.3) is 0 Å². The van der Waals surface area contributed by atoms with Gasteiger partial charge >= 0.3 is 0 Å². The fourth-order valence-corrected chi connectivity index (χ4v) is 4.10. The van der Waals surface area contributed by atoms with Gasteiger partial charge in [-0.3, -0.25) is 0 Å². The smallest absolute Gasteiger partial charge is 0.0710 e. The van der Waals surface area contributed by atoms with Crippen molar-refractivity contribution in [3.63, 3.8) is 0 Å². The maximum Gasteiger partial charge on any atom is 0.0710 e. The molecule has 3 heteroatoms. The number of ether oxygens (including phenoxy) is 1. The molecular weight excluding hydrogens is 224 g/mol. The van der Waals surface area contributed by atoms with Crippen LogP contribution >= 0.6 is 0 Å². The minimum Gasteiger partial charge on any atom is -0.370 e. The molecule has 0 aromatic rings. The molecule has 0 bridgehead atoms. The van der Waals surface area contributed by atoms with Crippen LogP contribution in [0.25, 0.3) is 0 Å². The van der Waals surface area contributed by atoms with Gasteiger partial charge in [0.2, 0.25) is 0 Å². The normalized spacial score (nSPS) is 33.5. The van der Waals surface area contributed by atoms with Crippen LogP contribution in [0.4, 0.5) is 0 Å². The quantitative estimate of drug-likeness (QED) is 0.836. The second-order valence-electron chi connectivity index (χ2n) is 6.65. The van der Waals surface area contributed by atoms with Crippen molar-refractivity contribution in [3.05, 3.63) is 0 Å². The van der Waals surface area contributed by atoms with Gasteiger partial charge in [-0.15, -0.1) is 0 Å². The highest BCUT2D eigenvalue weighted by Gasteiger charge is 2.42. The molecule has 3 rings (SSSR count). The minimum atomic E-state index is 0.306. The zero-order chi connectivity index (χ0) is 12.4. The summed E-state index contributed by atoms with van der Waals surface area (Å²) in [6.07, 6.45) is 11.1. The van der Waals surface area contributed by atoms with E-state index in [1.165, 1.54) is 71.0 Å². The van der Waals surface area contributed by atoms with Gasteiger partial charge in [-0.1, -0.05) is 12.8 Å². The van der Waals surface area contributed by atoms with E-state index in [1.54, 1.807) is 0 Å². The van der Waals surface area contributed by atoms with Gasteiger partial charge in [0.05, 0.1) is 11.7 Å². The lowest BCUT2D eigenvalue weighted by molar-refractivity contribution is -0.0497. The number of hydrogen-bond donors (Lipinski definition) is 1. The molecule has 0 aromatic heterocycles. The molecule has 1 unspecified atom stereocenters. The third kappa shape index (κ3) is 2.73. The van der Waals surface area contributed by atoms with E-state index in [4.69, 9.17) is 10.5 Å². The highest BCUT2D eigenvalue weighted by atomic mass is 16.5. The number of piperidine rings is 1. The average Bonchev–Trinajstić information content (AvgIpc) is 3.02. The molecule has 3 nitrogen and oxygen atoms in total. The summed E-state index contributed by atoms with van der Waals surface area (Å²) >= 11 is 0. The van der Waals surface area contributed by atoms with E-state index in [9.17, 15) is 0 Å². The molecule has 0 amide bonds. The van der Waals surface area contributed by atoms with Gasteiger partial charge < -0.3 is 15.4 Å². The van der Waals surface area contributed by atoms with Crippen molar-refractivity contribution in [2.45, 2.75) is 63.1 Å². The standard InChI is InChI=1S/C15H28N2O/c16-11-13-4-9-17(10-5-13)12-14-3-8-15(18-14)6-1-2-7-15/h13-14H,1-12,16H2. The number of rotatable bonds is 3. The van der Waals surface area contributed by atoms with Crippen molar-refractivity contribution in [3.8, 4) is 0 Å². The highest BCUT2D eigenvalue weighted by Crippen LogP contribution is 2.43. The number of nitrogens with zero attached hydrogens (tertiary/aromatic N) is 1. The summed E-state index contributed by atoms with van der Waals surface area (Å²) in [6.45, 7) is 4.50. The SMILES string of the molecule is NCC1CCN(CC2CCC3(CCCC3)O2)CC1. The van der Waals surface area contributed by atoms with E-state index in [0.717, 1.165) is 12.5 Å². The summed E-state index contributed by atoms with van der Waals surface area (Å²) in [5.41, 5.74) is 6.05. The minimum absolute atomic E-state index is 0.306. The Morgan fingerprint density at radius 3 is 2.44 bits per heavy atom. The molecule has 2 N–H and O–H groups in total. The Morgan fingerprint density at radius 1 is 1.06 bits per heavy atom. The maximum absolute atomic E-state index is 6.40.